The van der Waals surface area contributed by atoms with Gasteiger partial charge in [0.05, 0.1) is 18.8 Å². The zero-order valence-electron chi connectivity index (χ0n) is 16.5. The number of morpholine rings is 1. The molecular weight excluding hydrogens is 326 g/mol. The Morgan fingerprint density at radius 3 is 1.81 bits per heavy atom. The number of ether oxygens (including phenoxy) is 2. The molecule has 2 unspecified atom stereocenters. The predicted octanol–water partition coefficient (Wildman–Crippen LogP) is 3.74. The number of rotatable bonds is 4. The van der Waals surface area contributed by atoms with Crippen LogP contribution in [0.4, 0.5) is 0 Å². The van der Waals surface area contributed by atoms with Gasteiger partial charge in [0.1, 0.15) is 0 Å². The highest BCUT2D eigenvalue weighted by Crippen LogP contribution is 2.13. The summed E-state index contributed by atoms with van der Waals surface area (Å²) in [5.74, 6) is 0. The molecule has 0 radical (unpaired) electrons. The molecule has 0 amide bonds. The van der Waals surface area contributed by atoms with Gasteiger partial charge in [-0.1, -0.05) is 60.7 Å². The van der Waals surface area contributed by atoms with Crippen molar-refractivity contribution in [1.29, 1.82) is 0 Å². The topological polar surface area (TPSA) is 41.9 Å². The van der Waals surface area contributed by atoms with Crippen molar-refractivity contribution in [2.45, 2.75) is 39.2 Å². The number of aliphatic hydroxyl groups is 1. The van der Waals surface area contributed by atoms with E-state index < -0.39 is 0 Å². The Morgan fingerprint density at radius 1 is 0.885 bits per heavy atom. The molecule has 1 N–H and O–H groups in total. The Kier molecular flexibility index (Phi) is 11.6. The highest BCUT2D eigenvalue weighted by Gasteiger charge is 2.21. The van der Waals surface area contributed by atoms with Crippen LogP contribution < -0.4 is 0 Å². The van der Waals surface area contributed by atoms with Gasteiger partial charge in [0.2, 0.25) is 0 Å². The van der Waals surface area contributed by atoms with Crippen LogP contribution in [0.25, 0.3) is 0 Å². The van der Waals surface area contributed by atoms with Gasteiger partial charge in [-0.2, -0.15) is 0 Å². The maximum atomic E-state index is 7.00. The van der Waals surface area contributed by atoms with Crippen molar-refractivity contribution in [2.24, 2.45) is 0 Å². The standard InChI is InChI=1S/C13H19NO.C8H10O.CH4O/c1-11-8-14(9-12(2)15-11)10-13-6-4-3-5-7-13;1-9-7-8-5-3-2-4-6-8;1-2/h3-7,11-12H,8-10H2,1-2H3;2-6H,7H2,1H3;2H,1H3. The maximum Gasteiger partial charge on any atom is 0.0713 e. The van der Waals surface area contributed by atoms with E-state index in [1.807, 2.05) is 30.3 Å². The summed E-state index contributed by atoms with van der Waals surface area (Å²) in [7, 11) is 2.70. The monoisotopic (exact) mass is 359 g/mol. The summed E-state index contributed by atoms with van der Waals surface area (Å²) in [6.07, 6.45) is 0.718. The number of benzene rings is 2. The average Bonchev–Trinajstić information content (AvgIpc) is 2.65. The Hall–Kier alpha value is -1.72. The van der Waals surface area contributed by atoms with Crippen LogP contribution >= 0.6 is 0 Å². The Labute approximate surface area is 158 Å². The van der Waals surface area contributed by atoms with Gasteiger partial charge in [-0.15, -0.1) is 0 Å². The van der Waals surface area contributed by atoms with Gasteiger partial charge in [-0.25, -0.2) is 0 Å². The first-order valence-electron chi connectivity index (χ1n) is 9.06. The van der Waals surface area contributed by atoms with Gasteiger partial charge in [-0.3, -0.25) is 4.90 Å². The molecular formula is C22H33NO3. The van der Waals surface area contributed by atoms with E-state index in [4.69, 9.17) is 14.6 Å². The Morgan fingerprint density at radius 2 is 1.35 bits per heavy atom. The summed E-state index contributed by atoms with van der Waals surface area (Å²) in [5, 5.41) is 7.00. The summed E-state index contributed by atoms with van der Waals surface area (Å²) < 4.78 is 10.6. The average molecular weight is 360 g/mol. The van der Waals surface area contributed by atoms with Crippen LogP contribution in [0.3, 0.4) is 0 Å². The molecule has 0 aliphatic carbocycles. The fraction of sp³-hybridized carbons (Fsp3) is 0.455. The normalized spacial score (nSPS) is 19.6. The minimum absolute atomic E-state index is 0.359. The van der Waals surface area contributed by atoms with Gasteiger partial charge in [0, 0.05) is 33.9 Å². The third-order valence-electron chi connectivity index (χ3n) is 3.90. The lowest BCUT2D eigenvalue weighted by Crippen LogP contribution is -2.44. The van der Waals surface area contributed by atoms with Crippen molar-refractivity contribution in [1.82, 2.24) is 4.90 Å². The summed E-state index contributed by atoms with van der Waals surface area (Å²) in [6, 6.07) is 20.7. The molecule has 0 saturated carbocycles. The quantitative estimate of drug-likeness (QED) is 0.903. The van der Waals surface area contributed by atoms with E-state index >= 15 is 0 Å². The van der Waals surface area contributed by atoms with E-state index in [1.165, 1.54) is 11.1 Å². The van der Waals surface area contributed by atoms with Crippen molar-refractivity contribution in [3.8, 4) is 0 Å². The minimum Gasteiger partial charge on any atom is -0.400 e. The second-order valence-corrected chi connectivity index (χ2v) is 6.36. The van der Waals surface area contributed by atoms with E-state index in [-0.39, 0.29) is 0 Å². The van der Waals surface area contributed by atoms with Crippen molar-refractivity contribution in [2.75, 3.05) is 27.3 Å². The lowest BCUT2D eigenvalue weighted by molar-refractivity contribution is -0.0704. The zero-order valence-corrected chi connectivity index (χ0v) is 16.5. The predicted molar refractivity (Wildman–Crippen MR) is 107 cm³/mol. The summed E-state index contributed by atoms with van der Waals surface area (Å²) >= 11 is 0. The van der Waals surface area contributed by atoms with Crippen LogP contribution in [-0.4, -0.2) is 49.5 Å². The molecule has 4 heteroatoms. The number of hydrogen-bond acceptors (Lipinski definition) is 4. The fourth-order valence-electron chi connectivity index (χ4n) is 3.00. The van der Waals surface area contributed by atoms with Crippen LogP contribution in [-0.2, 0) is 22.6 Å². The first-order valence-corrected chi connectivity index (χ1v) is 9.06. The van der Waals surface area contributed by atoms with E-state index in [2.05, 4.69) is 49.1 Å². The van der Waals surface area contributed by atoms with E-state index in [1.54, 1.807) is 7.11 Å². The molecule has 144 valence electrons. The molecule has 1 fully saturated rings. The number of methoxy groups -OCH3 is 1. The lowest BCUT2D eigenvalue weighted by atomic mass is 10.1. The molecule has 26 heavy (non-hydrogen) atoms. The molecule has 3 rings (SSSR count). The number of hydrogen-bond donors (Lipinski definition) is 1. The second kappa shape index (κ2) is 13.5. The molecule has 4 nitrogen and oxygen atoms in total. The van der Waals surface area contributed by atoms with Crippen molar-refractivity contribution in [3.05, 3.63) is 71.8 Å². The largest absolute Gasteiger partial charge is 0.400 e. The summed E-state index contributed by atoms with van der Waals surface area (Å²) in [5.41, 5.74) is 2.61. The zero-order chi connectivity index (χ0) is 19.2. The van der Waals surface area contributed by atoms with Crippen molar-refractivity contribution < 1.29 is 14.6 Å². The molecule has 1 aliphatic rings. The first-order chi connectivity index (χ1) is 12.7. The Balaban J connectivity index is 0.000000263. The Bertz CT molecular complexity index is 552. The minimum atomic E-state index is 0.359. The van der Waals surface area contributed by atoms with Gasteiger partial charge >= 0.3 is 0 Å². The van der Waals surface area contributed by atoms with Gasteiger partial charge in [0.25, 0.3) is 0 Å². The van der Waals surface area contributed by atoms with Crippen LogP contribution in [0, 0.1) is 0 Å². The molecule has 1 saturated heterocycles. The van der Waals surface area contributed by atoms with Gasteiger partial charge < -0.3 is 14.6 Å². The molecule has 0 spiro atoms. The number of aliphatic hydroxyl groups excluding tert-OH is 1. The van der Waals surface area contributed by atoms with E-state index in [9.17, 15) is 0 Å². The molecule has 0 aromatic heterocycles. The maximum absolute atomic E-state index is 7.00. The van der Waals surface area contributed by atoms with E-state index in [0.717, 1.165) is 26.7 Å². The van der Waals surface area contributed by atoms with Crippen molar-refractivity contribution in [3.63, 3.8) is 0 Å². The smallest absolute Gasteiger partial charge is 0.0713 e. The van der Waals surface area contributed by atoms with Crippen molar-refractivity contribution >= 4 is 0 Å². The molecule has 2 aromatic carbocycles. The molecule has 1 aliphatic heterocycles. The first kappa shape index (κ1) is 22.3. The van der Waals surface area contributed by atoms with Crippen LogP contribution in [0.1, 0.15) is 25.0 Å². The van der Waals surface area contributed by atoms with Gasteiger partial charge in [0.15, 0.2) is 0 Å². The molecule has 1 heterocycles. The highest BCUT2D eigenvalue weighted by atomic mass is 16.5. The third-order valence-corrected chi connectivity index (χ3v) is 3.90. The fourth-order valence-corrected chi connectivity index (χ4v) is 3.00. The van der Waals surface area contributed by atoms with Crippen LogP contribution in [0.5, 0.6) is 0 Å². The van der Waals surface area contributed by atoms with Crippen LogP contribution in [0.15, 0.2) is 60.7 Å². The lowest BCUT2D eigenvalue weighted by Gasteiger charge is -2.35. The highest BCUT2D eigenvalue weighted by molar-refractivity contribution is 5.14. The SMILES string of the molecule is CC1CN(Cc2ccccc2)CC(C)O1.CO.COCc1ccccc1. The van der Waals surface area contributed by atoms with Gasteiger partial charge in [-0.05, 0) is 25.0 Å². The van der Waals surface area contributed by atoms with Crippen LogP contribution in [0.2, 0.25) is 0 Å². The van der Waals surface area contributed by atoms with E-state index in [0.29, 0.717) is 18.8 Å². The molecule has 2 atom stereocenters. The number of nitrogens with zero attached hydrogens (tertiary/aromatic N) is 1. The third kappa shape index (κ3) is 9.11. The second-order valence-electron chi connectivity index (χ2n) is 6.36. The summed E-state index contributed by atoms with van der Waals surface area (Å²) in [6.45, 7) is 8.12. The molecule has 2 aromatic rings. The molecule has 0 bridgehead atoms. The summed E-state index contributed by atoms with van der Waals surface area (Å²) in [4.78, 5) is 2.47.